The molecule has 0 spiro atoms. The van der Waals surface area contributed by atoms with Crippen molar-refractivity contribution < 1.29 is 19.4 Å². The Morgan fingerprint density at radius 2 is 1.80 bits per heavy atom. The zero-order chi connectivity index (χ0) is 25.3. The highest BCUT2D eigenvalue weighted by Gasteiger charge is 2.40. The largest absolute Gasteiger partial charge is 0.488 e. The first-order chi connectivity index (χ1) is 16.6. The number of amides is 2. The van der Waals surface area contributed by atoms with Crippen LogP contribution >= 0.6 is 11.6 Å². The maximum atomic E-state index is 13.1. The van der Waals surface area contributed by atoms with E-state index in [9.17, 15) is 14.7 Å². The normalized spacial score (nSPS) is 19.1. The lowest BCUT2D eigenvalue weighted by Gasteiger charge is -2.47. The lowest BCUT2D eigenvalue weighted by atomic mass is 9.91. The minimum absolute atomic E-state index is 0.0724. The van der Waals surface area contributed by atoms with Crippen LogP contribution in [0.3, 0.4) is 0 Å². The Bertz CT molecular complexity index is 1090. The highest BCUT2D eigenvalue weighted by Crippen LogP contribution is 2.30. The SMILES string of the molecule is Cc1cccc([C@](C)(O)C(=O)N2CCC(N3CC(Oc4ccc(C(=O)N(C)C)c(Cl)c4)C3)CC2)c1. The highest BCUT2D eigenvalue weighted by atomic mass is 35.5. The summed E-state index contributed by atoms with van der Waals surface area (Å²) in [7, 11) is 3.39. The van der Waals surface area contributed by atoms with Crippen LogP contribution in [0.5, 0.6) is 5.75 Å². The fraction of sp³-hybridized carbons (Fsp3) is 0.481. The van der Waals surface area contributed by atoms with Gasteiger partial charge in [0.1, 0.15) is 11.9 Å². The molecule has 2 fully saturated rings. The molecule has 2 amide bonds. The molecule has 2 aromatic rings. The summed E-state index contributed by atoms with van der Waals surface area (Å²) in [5.74, 6) is 0.287. The predicted octanol–water partition coefficient (Wildman–Crippen LogP) is 3.31. The summed E-state index contributed by atoms with van der Waals surface area (Å²) in [5.41, 5.74) is 0.584. The Labute approximate surface area is 212 Å². The molecule has 188 valence electrons. The fourth-order valence-electron chi connectivity index (χ4n) is 4.83. The second-order valence-electron chi connectivity index (χ2n) is 10.0. The van der Waals surface area contributed by atoms with Crippen molar-refractivity contribution in [1.82, 2.24) is 14.7 Å². The molecule has 2 saturated heterocycles. The average Bonchev–Trinajstić information content (AvgIpc) is 2.80. The summed E-state index contributed by atoms with van der Waals surface area (Å²) in [6, 6.07) is 13.1. The molecule has 1 N–H and O–H groups in total. The molecule has 1 atom stereocenters. The van der Waals surface area contributed by atoms with E-state index in [0.29, 0.717) is 41.0 Å². The van der Waals surface area contributed by atoms with Crippen LogP contribution in [-0.2, 0) is 10.4 Å². The molecular formula is C27H34ClN3O4. The molecule has 0 aliphatic carbocycles. The first-order valence-corrected chi connectivity index (χ1v) is 12.4. The number of hydrogen-bond acceptors (Lipinski definition) is 5. The average molecular weight is 500 g/mol. The van der Waals surface area contributed by atoms with Crippen LogP contribution in [0.25, 0.3) is 0 Å². The summed E-state index contributed by atoms with van der Waals surface area (Å²) >= 11 is 6.29. The monoisotopic (exact) mass is 499 g/mol. The molecule has 8 heteroatoms. The Morgan fingerprint density at radius 3 is 2.40 bits per heavy atom. The quantitative estimate of drug-likeness (QED) is 0.660. The van der Waals surface area contributed by atoms with E-state index in [1.165, 1.54) is 4.90 Å². The van der Waals surface area contributed by atoms with Gasteiger partial charge in [-0.3, -0.25) is 14.5 Å². The summed E-state index contributed by atoms with van der Waals surface area (Å²) in [6.45, 7) is 6.43. The van der Waals surface area contributed by atoms with Gasteiger partial charge < -0.3 is 19.6 Å². The van der Waals surface area contributed by atoms with E-state index in [4.69, 9.17) is 16.3 Å². The van der Waals surface area contributed by atoms with Crippen LogP contribution in [0.1, 0.15) is 41.3 Å². The Hall–Kier alpha value is -2.61. The summed E-state index contributed by atoms with van der Waals surface area (Å²) in [4.78, 5) is 30.9. The standard InChI is InChI=1S/C27H34ClN3O4/c1-18-6-5-7-19(14-18)27(2,34)26(33)30-12-10-20(11-13-30)31-16-22(17-31)35-21-8-9-23(24(28)15-21)25(32)29(3)4/h5-9,14-15,20,22,34H,10-13,16-17H2,1-4H3/t27-/m0/s1. The zero-order valence-corrected chi connectivity index (χ0v) is 21.6. The smallest absolute Gasteiger partial charge is 0.258 e. The van der Waals surface area contributed by atoms with Gasteiger partial charge in [-0.05, 0) is 50.5 Å². The van der Waals surface area contributed by atoms with Crippen LogP contribution < -0.4 is 4.74 Å². The van der Waals surface area contributed by atoms with Crippen molar-refractivity contribution in [3.8, 4) is 5.75 Å². The number of halogens is 1. The van der Waals surface area contributed by atoms with Crippen molar-refractivity contribution in [3.63, 3.8) is 0 Å². The van der Waals surface area contributed by atoms with Gasteiger partial charge in [0.2, 0.25) is 0 Å². The van der Waals surface area contributed by atoms with E-state index in [2.05, 4.69) is 4.90 Å². The van der Waals surface area contributed by atoms with E-state index in [-0.39, 0.29) is 17.9 Å². The molecule has 2 heterocycles. The number of aryl methyl sites for hydroxylation is 1. The molecule has 0 unspecified atom stereocenters. The summed E-state index contributed by atoms with van der Waals surface area (Å²) in [5, 5.41) is 11.4. The van der Waals surface area contributed by atoms with E-state index < -0.39 is 5.60 Å². The van der Waals surface area contributed by atoms with Gasteiger partial charge in [-0.25, -0.2) is 0 Å². The van der Waals surface area contributed by atoms with Gasteiger partial charge in [0.15, 0.2) is 5.60 Å². The van der Waals surface area contributed by atoms with Gasteiger partial charge in [0, 0.05) is 46.3 Å². The van der Waals surface area contributed by atoms with Gasteiger partial charge in [-0.15, -0.1) is 0 Å². The van der Waals surface area contributed by atoms with Gasteiger partial charge in [-0.2, -0.15) is 0 Å². The lowest BCUT2D eigenvalue weighted by Crippen LogP contribution is -2.60. The highest BCUT2D eigenvalue weighted by molar-refractivity contribution is 6.34. The molecule has 0 aromatic heterocycles. The van der Waals surface area contributed by atoms with Crippen molar-refractivity contribution in [2.24, 2.45) is 0 Å². The molecular weight excluding hydrogens is 466 g/mol. The molecule has 2 aliphatic heterocycles. The molecule has 0 bridgehead atoms. The maximum absolute atomic E-state index is 13.1. The second kappa shape index (κ2) is 10.2. The molecule has 0 saturated carbocycles. The molecule has 7 nitrogen and oxygen atoms in total. The number of benzene rings is 2. The van der Waals surface area contributed by atoms with Crippen molar-refractivity contribution >= 4 is 23.4 Å². The number of piperidine rings is 1. The minimum atomic E-state index is -1.53. The van der Waals surface area contributed by atoms with E-state index >= 15 is 0 Å². The van der Waals surface area contributed by atoms with Crippen molar-refractivity contribution in [2.75, 3.05) is 40.3 Å². The van der Waals surface area contributed by atoms with Crippen LogP contribution in [0.15, 0.2) is 42.5 Å². The van der Waals surface area contributed by atoms with E-state index in [0.717, 1.165) is 31.5 Å². The van der Waals surface area contributed by atoms with Crippen molar-refractivity contribution in [3.05, 3.63) is 64.2 Å². The minimum Gasteiger partial charge on any atom is -0.488 e. The fourth-order valence-corrected chi connectivity index (χ4v) is 5.08. The molecule has 2 aromatic carbocycles. The number of nitrogens with zero attached hydrogens (tertiary/aromatic N) is 3. The first kappa shape index (κ1) is 25.5. The van der Waals surface area contributed by atoms with Crippen molar-refractivity contribution in [2.45, 2.75) is 44.4 Å². The maximum Gasteiger partial charge on any atom is 0.258 e. The number of aliphatic hydroxyl groups is 1. The third-order valence-corrected chi connectivity index (χ3v) is 7.33. The molecule has 4 rings (SSSR count). The summed E-state index contributed by atoms with van der Waals surface area (Å²) < 4.78 is 6.06. The van der Waals surface area contributed by atoms with Gasteiger partial charge in [-0.1, -0.05) is 41.4 Å². The van der Waals surface area contributed by atoms with Gasteiger partial charge in [0.05, 0.1) is 10.6 Å². The third-order valence-electron chi connectivity index (χ3n) is 7.02. The number of hydrogen-bond donors (Lipinski definition) is 1. The van der Waals surface area contributed by atoms with Crippen LogP contribution in [-0.4, -0.2) is 84.0 Å². The van der Waals surface area contributed by atoms with E-state index in [1.807, 2.05) is 25.1 Å². The number of likely N-dealkylation sites (tertiary alicyclic amines) is 2. The van der Waals surface area contributed by atoms with Crippen molar-refractivity contribution in [1.29, 1.82) is 0 Å². The number of ether oxygens (including phenoxy) is 1. The number of carbonyl (C=O) groups is 2. The third kappa shape index (κ3) is 5.47. The molecule has 2 aliphatic rings. The molecule has 35 heavy (non-hydrogen) atoms. The molecule has 0 radical (unpaired) electrons. The Morgan fingerprint density at radius 1 is 1.11 bits per heavy atom. The van der Waals surface area contributed by atoms with E-state index in [1.54, 1.807) is 50.2 Å². The van der Waals surface area contributed by atoms with Crippen LogP contribution in [0.4, 0.5) is 0 Å². The number of carbonyl (C=O) groups excluding carboxylic acids is 2. The number of rotatable bonds is 6. The topological polar surface area (TPSA) is 73.3 Å². The summed E-state index contributed by atoms with van der Waals surface area (Å²) in [6.07, 6.45) is 1.81. The van der Waals surface area contributed by atoms with Gasteiger partial charge >= 0.3 is 0 Å². The Kier molecular flexibility index (Phi) is 7.40. The predicted molar refractivity (Wildman–Crippen MR) is 136 cm³/mol. The lowest BCUT2D eigenvalue weighted by molar-refractivity contribution is -0.152. The Balaban J connectivity index is 1.26. The zero-order valence-electron chi connectivity index (χ0n) is 20.8. The van der Waals surface area contributed by atoms with Gasteiger partial charge in [0.25, 0.3) is 11.8 Å². The first-order valence-electron chi connectivity index (χ1n) is 12.1. The van der Waals surface area contributed by atoms with Crippen LogP contribution in [0.2, 0.25) is 5.02 Å². The van der Waals surface area contributed by atoms with Crippen LogP contribution in [0, 0.1) is 6.92 Å². The second-order valence-corrected chi connectivity index (χ2v) is 10.4.